The number of rotatable bonds is 6. The number of hydrogen-bond donors (Lipinski definition) is 1. The van der Waals surface area contributed by atoms with E-state index in [1.807, 2.05) is 44.2 Å². The van der Waals surface area contributed by atoms with Crippen molar-refractivity contribution in [2.75, 3.05) is 4.90 Å². The van der Waals surface area contributed by atoms with Crippen LogP contribution in [0.1, 0.15) is 38.8 Å². The second-order valence-electron chi connectivity index (χ2n) is 6.69. The average Bonchev–Trinajstić information content (AvgIpc) is 2.93. The molecule has 0 bridgehead atoms. The highest BCUT2D eigenvalue weighted by Crippen LogP contribution is 2.41. The third kappa shape index (κ3) is 3.58. The molecule has 1 unspecified atom stereocenters. The highest BCUT2D eigenvalue weighted by molar-refractivity contribution is 6.16. The third-order valence-corrected chi connectivity index (χ3v) is 4.43. The van der Waals surface area contributed by atoms with Gasteiger partial charge in [-0.3, -0.25) is 14.5 Å². The van der Waals surface area contributed by atoms with E-state index in [-0.39, 0.29) is 23.9 Å². The number of hydrogen-bond acceptors (Lipinski definition) is 4. The molecular formula is C22H23NO4. The van der Waals surface area contributed by atoms with E-state index >= 15 is 0 Å². The Morgan fingerprint density at radius 2 is 1.74 bits per heavy atom. The normalized spacial score (nSPS) is 17.0. The van der Waals surface area contributed by atoms with Crippen molar-refractivity contribution in [3.8, 4) is 5.75 Å². The summed E-state index contributed by atoms with van der Waals surface area (Å²) in [5.74, 6) is -0.591. The lowest BCUT2D eigenvalue weighted by molar-refractivity contribution is -0.118. The Balaban J connectivity index is 2.05. The molecule has 2 aromatic rings. The fourth-order valence-corrected chi connectivity index (χ4v) is 3.26. The monoisotopic (exact) mass is 365 g/mol. The molecule has 27 heavy (non-hydrogen) atoms. The minimum Gasteiger partial charge on any atom is -0.503 e. The summed E-state index contributed by atoms with van der Waals surface area (Å²) in [6.45, 7) is 5.59. The molecule has 0 saturated heterocycles. The zero-order valence-electron chi connectivity index (χ0n) is 15.7. The first-order chi connectivity index (χ1) is 12.9. The van der Waals surface area contributed by atoms with Gasteiger partial charge in [0.25, 0.3) is 5.91 Å². The molecule has 1 N–H and O–H groups in total. The molecule has 1 atom stereocenters. The van der Waals surface area contributed by atoms with E-state index in [0.717, 1.165) is 5.56 Å². The van der Waals surface area contributed by atoms with Crippen molar-refractivity contribution in [1.82, 2.24) is 0 Å². The first kappa shape index (κ1) is 18.7. The van der Waals surface area contributed by atoms with Crippen molar-refractivity contribution in [2.45, 2.75) is 39.3 Å². The van der Waals surface area contributed by atoms with Gasteiger partial charge in [0, 0.05) is 12.1 Å². The summed E-state index contributed by atoms with van der Waals surface area (Å²) >= 11 is 0. The third-order valence-electron chi connectivity index (χ3n) is 4.43. The molecule has 1 aliphatic rings. The number of anilines is 1. The number of nitrogens with zero attached hydrogens (tertiary/aromatic N) is 1. The lowest BCUT2D eigenvalue weighted by Crippen LogP contribution is -2.30. The van der Waals surface area contributed by atoms with Crippen molar-refractivity contribution in [2.24, 2.45) is 0 Å². The minimum atomic E-state index is -0.650. The Bertz CT molecular complexity index is 869. The Hall–Kier alpha value is -3.08. The lowest BCUT2D eigenvalue weighted by Gasteiger charge is -2.27. The molecule has 0 fully saturated rings. The van der Waals surface area contributed by atoms with Gasteiger partial charge in [-0.25, -0.2) is 0 Å². The zero-order valence-corrected chi connectivity index (χ0v) is 15.7. The minimum absolute atomic E-state index is 0.0424. The number of amides is 1. The summed E-state index contributed by atoms with van der Waals surface area (Å²) in [4.78, 5) is 26.8. The molecule has 5 heteroatoms. The predicted octanol–water partition coefficient (Wildman–Crippen LogP) is 4.35. The SMILES string of the molecule is CCC(=O)C1=C(O)C(=O)N(c2ccc(OC(C)C)cc2)C1c1ccccc1. The van der Waals surface area contributed by atoms with E-state index in [1.54, 1.807) is 31.2 Å². The van der Waals surface area contributed by atoms with Crippen LogP contribution in [0.5, 0.6) is 5.75 Å². The van der Waals surface area contributed by atoms with Gasteiger partial charge < -0.3 is 9.84 Å². The summed E-state index contributed by atoms with van der Waals surface area (Å²) < 4.78 is 5.65. The van der Waals surface area contributed by atoms with Crippen molar-refractivity contribution in [3.63, 3.8) is 0 Å². The summed E-state index contributed by atoms with van der Waals surface area (Å²) in [6, 6.07) is 15.7. The van der Waals surface area contributed by atoms with Crippen LogP contribution in [0.25, 0.3) is 0 Å². The van der Waals surface area contributed by atoms with Crippen molar-refractivity contribution in [1.29, 1.82) is 0 Å². The van der Waals surface area contributed by atoms with Gasteiger partial charge in [-0.05, 0) is 43.7 Å². The predicted molar refractivity (Wildman–Crippen MR) is 104 cm³/mol. The van der Waals surface area contributed by atoms with Gasteiger partial charge >= 0.3 is 0 Å². The number of ether oxygens (including phenoxy) is 1. The van der Waals surface area contributed by atoms with E-state index in [1.165, 1.54) is 4.90 Å². The van der Waals surface area contributed by atoms with Crippen LogP contribution in [-0.2, 0) is 9.59 Å². The van der Waals surface area contributed by atoms with E-state index in [9.17, 15) is 14.7 Å². The molecular weight excluding hydrogens is 342 g/mol. The summed E-state index contributed by atoms with van der Waals surface area (Å²) in [7, 11) is 0. The summed E-state index contributed by atoms with van der Waals surface area (Å²) in [5.41, 5.74) is 1.51. The largest absolute Gasteiger partial charge is 0.503 e. The number of ketones is 1. The molecule has 0 aliphatic carbocycles. The van der Waals surface area contributed by atoms with Gasteiger partial charge in [0.15, 0.2) is 11.5 Å². The number of aliphatic hydroxyl groups is 1. The maximum absolute atomic E-state index is 12.8. The first-order valence-corrected chi connectivity index (χ1v) is 9.05. The molecule has 1 amide bonds. The van der Waals surface area contributed by atoms with Crippen molar-refractivity contribution >= 4 is 17.4 Å². The highest BCUT2D eigenvalue weighted by Gasteiger charge is 2.43. The Morgan fingerprint density at radius 1 is 1.11 bits per heavy atom. The number of benzene rings is 2. The van der Waals surface area contributed by atoms with Gasteiger partial charge in [0.05, 0.1) is 17.7 Å². The standard InChI is InChI=1S/C22H23NO4/c1-4-18(24)19-20(15-8-6-5-7-9-15)23(22(26)21(19)25)16-10-12-17(13-11-16)27-14(2)3/h5-14,20,25H,4H2,1-3H3. The van der Waals surface area contributed by atoms with Crippen LogP contribution in [0.2, 0.25) is 0 Å². The van der Waals surface area contributed by atoms with E-state index in [0.29, 0.717) is 11.4 Å². The second-order valence-corrected chi connectivity index (χ2v) is 6.69. The van der Waals surface area contributed by atoms with Crippen LogP contribution in [0.15, 0.2) is 65.9 Å². The maximum atomic E-state index is 12.8. The van der Waals surface area contributed by atoms with Crippen molar-refractivity contribution in [3.05, 3.63) is 71.5 Å². The van der Waals surface area contributed by atoms with Gasteiger partial charge in [0.1, 0.15) is 5.75 Å². The van der Waals surface area contributed by atoms with Crippen LogP contribution in [0.4, 0.5) is 5.69 Å². The molecule has 0 radical (unpaired) electrons. The number of carbonyl (C=O) groups excluding carboxylic acids is 2. The van der Waals surface area contributed by atoms with E-state index in [2.05, 4.69) is 0 Å². The molecule has 5 nitrogen and oxygen atoms in total. The topological polar surface area (TPSA) is 66.8 Å². The molecule has 2 aromatic carbocycles. The lowest BCUT2D eigenvalue weighted by atomic mass is 9.95. The Kier molecular flexibility index (Phi) is 5.31. The smallest absolute Gasteiger partial charge is 0.294 e. The fraction of sp³-hybridized carbons (Fsp3) is 0.273. The van der Waals surface area contributed by atoms with Gasteiger partial charge in [0.2, 0.25) is 0 Å². The average molecular weight is 365 g/mol. The summed E-state index contributed by atoms with van der Waals surface area (Å²) in [6.07, 6.45) is 0.256. The van der Waals surface area contributed by atoms with Crippen LogP contribution < -0.4 is 9.64 Å². The molecule has 0 aromatic heterocycles. The van der Waals surface area contributed by atoms with Gasteiger partial charge in [-0.1, -0.05) is 37.3 Å². The maximum Gasteiger partial charge on any atom is 0.294 e. The highest BCUT2D eigenvalue weighted by atomic mass is 16.5. The molecule has 140 valence electrons. The van der Waals surface area contributed by atoms with E-state index < -0.39 is 17.7 Å². The number of carbonyl (C=O) groups is 2. The van der Waals surface area contributed by atoms with Crippen LogP contribution in [-0.4, -0.2) is 22.9 Å². The van der Waals surface area contributed by atoms with Crippen LogP contribution in [0, 0.1) is 0 Å². The van der Waals surface area contributed by atoms with Crippen LogP contribution >= 0.6 is 0 Å². The van der Waals surface area contributed by atoms with Crippen LogP contribution in [0.3, 0.4) is 0 Å². The molecule has 1 aliphatic heterocycles. The molecule has 3 rings (SSSR count). The first-order valence-electron chi connectivity index (χ1n) is 9.05. The van der Waals surface area contributed by atoms with E-state index in [4.69, 9.17) is 4.74 Å². The van der Waals surface area contributed by atoms with Crippen molar-refractivity contribution < 1.29 is 19.4 Å². The molecule has 1 heterocycles. The fourth-order valence-electron chi connectivity index (χ4n) is 3.26. The zero-order chi connectivity index (χ0) is 19.6. The van der Waals surface area contributed by atoms with Gasteiger partial charge in [-0.15, -0.1) is 0 Å². The molecule has 0 saturated carbocycles. The Morgan fingerprint density at radius 3 is 2.30 bits per heavy atom. The number of aliphatic hydroxyl groups excluding tert-OH is 1. The molecule has 0 spiro atoms. The Labute approximate surface area is 158 Å². The quantitative estimate of drug-likeness (QED) is 0.826. The second kappa shape index (κ2) is 7.66. The summed E-state index contributed by atoms with van der Waals surface area (Å²) in [5, 5.41) is 10.4. The number of Topliss-reactive ketones (excluding diaryl/α,β-unsaturated/α-hetero) is 1. The van der Waals surface area contributed by atoms with Gasteiger partial charge in [-0.2, -0.15) is 0 Å².